The Morgan fingerprint density at radius 3 is 2.76 bits per heavy atom. The van der Waals surface area contributed by atoms with Gasteiger partial charge in [-0.05, 0) is 32.0 Å². The Morgan fingerprint density at radius 1 is 1.38 bits per heavy atom. The summed E-state index contributed by atoms with van der Waals surface area (Å²) in [7, 11) is 0. The second-order valence-electron chi connectivity index (χ2n) is 5.66. The van der Waals surface area contributed by atoms with Crippen LogP contribution in [0.25, 0.3) is 0 Å². The third-order valence-corrected chi connectivity index (χ3v) is 4.21. The highest BCUT2D eigenvalue weighted by Crippen LogP contribution is 2.15. The van der Waals surface area contributed by atoms with E-state index in [1.807, 2.05) is 9.25 Å². The molecule has 7 heteroatoms. The van der Waals surface area contributed by atoms with Gasteiger partial charge < -0.3 is 14.4 Å². The summed E-state index contributed by atoms with van der Waals surface area (Å²) >= 11 is 5.49. The standard InChI is InChI=1S/C14H26N4O2S/c1-4-6-17-13(9-19)15-18(14(17)21)10-16-7-11(3)20-12(5-2)8-16/h11-12,19H,4-10H2,1-3H3. The Morgan fingerprint density at radius 2 is 2.14 bits per heavy atom. The van der Waals surface area contributed by atoms with E-state index in [1.165, 1.54) is 0 Å². The topological polar surface area (TPSA) is 55.5 Å². The molecule has 0 saturated carbocycles. The average Bonchev–Trinajstić information content (AvgIpc) is 2.75. The number of nitrogens with zero attached hydrogens (tertiary/aromatic N) is 4. The lowest BCUT2D eigenvalue weighted by Gasteiger charge is -2.36. The van der Waals surface area contributed by atoms with E-state index in [9.17, 15) is 5.11 Å². The SMILES string of the molecule is CCCn1c(CO)nn(CN2CC(C)OC(CC)C2)c1=S. The zero-order valence-electron chi connectivity index (χ0n) is 13.2. The van der Waals surface area contributed by atoms with Crippen molar-refractivity contribution in [2.75, 3.05) is 13.1 Å². The van der Waals surface area contributed by atoms with Crippen molar-refractivity contribution in [1.82, 2.24) is 19.2 Å². The fourth-order valence-corrected chi connectivity index (χ4v) is 3.11. The summed E-state index contributed by atoms with van der Waals surface area (Å²) in [5.74, 6) is 0.648. The van der Waals surface area contributed by atoms with Crippen molar-refractivity contribution in [3.05, 3.63) is 10.6 Å². The first-order valence-electron chi connectivity index (χ1n) is 7.74. The van der Waals surface area contributed by atoms with Crippen molar-refractivity contribution < 1.29 is 9.84 Å². The van der Waals surface area contributed by atoms with Gasteiger partial charge in [-0.1, -0.05) is 13.8 Å². The third-order valence-electron chi connectivity index (χ3n) is 3.78. The fourth-order valence-electron chi connectivity index (χ4n) is 2.81. The molecule has 0 aromatic carbocycles. The molecule has 2 heterocycles. The number of ether oxygens (including phenoxy) is 1. The van der Waals surface area contributed by atoms with E-state index >= 15 is 0 Å². The number of hydrogen-bond donors (Lipinski definition) is 1. The van der Waals surface area contributed by atoms with Crippen LogP contribution in [0.3, 0.4) is 0 Å². The molecule has 1 N–H and O–H groups in total. The summed E-state index contributed by atoms with van der Waals surface area (Å²) in [4.78, 5) is 2.32. The van der Waals surface area contributed by atoms with E-state index in [0.29, 0.717) is 17.3 Å². The summed E-state index contributed by atoms with van der Waals surface area (Å²) in [5.41, 5.74) is 0. The lowest BCUT2D eigenvalue weighted by Crippen LogP contribution is -2.46. The number of aliphatic hydroxyl groups excluding tert-OH is 1. The molecule has 1 saturated heterocycles. The van der Waals surface area contributed by atoms with Gasteiger partial charge in [-0.2, -0.15) is 5.10 Å². The maximum Gasteiger partial charge on any atom is 0.199 e. The molecule has 2 rings (SSSR count). The number of aliphatic hydroxyl groups is 1. The van der Waals surface area contributed by atoms with Gasteiger partial charge in [0, 0.05) is 19.6 Å². The number of morpholine rings is 1. The maximum atomic E-state index is 9.43. The van der Waals surface area contributed by atoms with Crippen LogP contribution < -0.4 is 0 Å². The first-order valence-corrected chi connectivity index (χ1v) is 8.15. The second kappa shape index (κ2) is 7.49. The van der Waals surface area contributed by atoms with Gasteiger partial charge in [-0.3, -0.25) is 4.90 Å². The first-order chi connectivity index (χ1) is 10.1. The maximum absolute atomic E-state index is 9.43. The highest BCUT2D eigenvalue weighted by molar-refractivity contribution is 7.71. The molecule has 120 valence electrons. The Bertz CT molecular complexity index is 514. The summed E-state index contributed by atoms with van der Waals surface area (Å²) in [6, 6.07) is 0. The first kappa shape index (κ1) is 16.6. The van der Waals surface area contributed by atoms with Crippen molar-refractivity contribution in [3.8, 4) is 0 Å². The van der Waals surface area contributed by atoms with E-state index in [1.54, 1.807) is 0 Å². The Kier molecular flexibility index (Phi) is 5.92. The molecule has 0 aliphatic carbocycles. The van der Waals surface area contributed by atoms with E-state index in [2.05, 4.69) is 30.8 Å². The van der Waals surface area contributed by atoms with Crippen LogP contribution >= 0.6 is 12.2 Å². The van der Waals surface area contributed by atoms with Crippen LogP contribution in [0.15, 0.2) is 0 Å². The van der Waals surface area contributed by atoms with Crippen molar-refractivity contribution in [2.45, 2.75) is 65.6 Å². The van der Waals surface area contributed by atoms with Crippen LogP contribution in [0.5, 0.6) is 0 Å². The fraction of sp³-hybridized carbons (Fsp3) is 0.857. The van der Waals surface area contributed by atoms with E-state index in [4.69, 9.17) is 17.0 Å². The van der Waals surface area contributed by atoms with Crippen LogP contribution in [-0.4, -0.2) is 49.7 Å². The average molecular weight is 314 g/mol. The highest BCUT2D eigenvalue weighted by Gasteiger charge is 2.24. The zero-order valence-corrected chi connectivity index (χ0v) is 14.0. The zero-order chi connectivity index (χ0) is 15.4. The van der Waals surface area contributed by atoms with Crippen molar-refractivity contribution in [3.63, 3.8) is 0 Å². The van der Waals surface area contributed by atoms with E-state index in [0.717, 1.165) is 32.5 Å². The summed E-state index contributed by atoms with van der Waals surface area (Å²) in [6.07, 6.45) is 2.49. The van der Waals surface area contributed by atoms with Gasteiger partial charge in [0.05, 0.1) is 18.9 Å². The van der Waals surface area contributed by atoms with Crippen LogP contribution in [0.4, 0.5) is 0 Å². The predicted molar refractivity (Wildman–Crippen MR) is 83.5 cm³/mol. The summed E-state index contributed by atoms with van der Waals surface area (Å²) < 4.78 is 10.3. The molecule has 1 aliphatic heterocycles. The molecule has 0 spiro atoms. The molecular formula is C14H26N4O2S. The number of aromatic nitrogens is 3. The van der Waals surface area contributed by atoms with Crippen LogP contribution in [0, 0.1) is 4.77 Å². The lowest BCUT2D eigenvalue weighted by molar-refractivity contribution is -0.0869. The van der Waals surface area contributed by atoms with Gasteiger partial charge in [0.1, 0.15) is 6.61 Å². The van der Waals surface area contributed by atoms with E-state index < -0.39 is 0 Å². The lowest BCUT2D eigenvalue weighted by atomic mass is 10.2. The molecule has 1 aromatic heterocycles. The van der Waals surface area contributed by atoms with Gasteiger partial charge in [0.15, 0.2) is 10.6 Å². The van der Waals surface area contributed by atoms with Gasteiger partial charge >= 0.3 is 0 Å². The van der Waals surface area contributed by atoms with Crippen molar-refractivity contribution in [1.29, 1.82) is 0 Å². The molecule has 0 amide bonds. The largest absolute Gasteiger partial charge is 0.388 e. The molecular weight excluding hydrogens is 288 g/mol. The minimum atomic E-state index is -0.0757. The second-order valence-corrected chi connectivity index (χ2v) is 6.03. The molecule has 2 atom stereocenters. The van der Waals surface area contributed by atoms with Crippen LogP contribution in [0.2, 0.25) is 0 Å². The monoisotopic (exact) mass is 314 g/mol. The molecule has 1 aromatic rings. The van der Waals surface area contributed by atoms with Crippen molar-refractivity contribution in [2.24, 2.45) is 0 Å². The predicted octanol–water partition coefficient (Wildman–Crippen LogP) is 1.77. The van der Waals surface area contributed by atoms with E-state index in [-0.39, 0.29) is 18.8 Å². The minimum Gasteiger partial charge on any atom is -0.388 e. The molecule has 1 aliphatic rings. The van der Waals surface area contributed by atoms with Gasteiger partial charge in [0.25, 0.3) is 0 Å². The Labute approximate surface area is 131 Å². The third kappa shape index (κ3) is 3.91. The van der Waals surface area contributed by atoms with Gasteiger partial charge in [-0.15, -0.1) is 0 Å². The minimum absolute atomic E-state index is 0.0757. The van der Waals surface area contributed by atoms with Crippen molar-refractivity contribution >= 4 is 12.2 Å². The number of hydrogen-bond acceptors (Lipinski definition) is 5. The molecule has 1 fully saturated rings. The Balaban J connectivity index is 2.14. The van der Waals surface area contributed by atoms with Gasteiger partial charge in [0.2, 0.25) is 0 Å². The molecule has 0 bridgehead atoms. The molecule has 6 nitrogen and oxygen atoms in total. The smallest absolute Gasteiger partial charge is 0.199 e. The highest BCUT2D eigenvalue weighted by atomic mass is 32.1. The summed E-state index contributed by atoms with van der Waals surface area (Å²) in [6.45, 7) is 9.50. The van der Waals surface area contributed by atoms with Crippen LogP contribution in [0.1, 0.15) is 39.4 Å². The molecule has 21 heavy (non-hydrogen) atoms. The summed E-state index contributed by atoms with van der Waals surface area (Å²) in [5, 5.41) is 13.9. The number of rotatable bonds is 6. The molecule has 0 radical (unpaired) electrons. The molecule has 2 unspecified atom stereocenters. The van der Waals surface area contributed by atoms with Crippen LogP contribution in [-0.2, 0) is 24.6 Å². The normalized spacial score (nSPS) is 23.6. The van der Waals surface area contributed by atoms with Gasteiger partial charge in [-0.25, -0.2) is 4.68 Å². The quantitative estimate of drug-likeness (QED) is 0.811. The Hall–Kier alpha value is -0.760.